The van der Waals surface area contributed by atoms with E-state index in [1.165, 1.54) is 11.8 Å². The van der Waals surface area contributed by atoms with Crippen molar-refractivity contribution in [2.45, 2.75) is 26.0 Å². The highest BCUT2D eigenvalue weighted by Crippen LogP contribution is 2.40. The first kappa shape index (κ1) is 21.1. The molecule has 3 aliphatic rings. The van der Waals surface area contributed by atoms with Crippen LogP contribution in [0.3, 0.4) is 0 Å². The van der Waals surface area contributed by atoms with E-state index < -0.39 is 11.6 Å². The minimum absolute atomic E-state index is 0.0430. The second-order valence-corrected chi connectivity index (χ2v) is 9.24. The van der Waals surface area contributed by atoms with Crippen molar-refractivity contribution in [2.75, 3.05) is 45.0 Å². The Hall–Kier alpha value is -2.16. The number of allylic oxidation sites excluding steroid dienone is 1. The number of carbonyl (C=O) groups is 3. The first-order valence-corrected chi connectivity index (χ1v) is 11.4. The standard InChI is InChI=1S/C22H27N3O4S/c1-14(2)23-18(26)12-25-9-7-24(8-10-25)11-15-13-30-22-20(28)19(27)16-5-3-4-6-17(16)21(22)29-15/h3-6,14-15H,7-13H2,1-2H3,(H,23,26). The van der Waals surface area contributed by atoms with Crippen LogP contribution in [0.5, 0.6) is 0 Å². The fourth-order valence-electron chi connectivity index (χ4n) is 4.03. The van der Waals surface area contributed by atoms with Crippen LogP contribution in [-0.4, -0.2) is 84.4 Å². The summed E-state index contributed by atoms with van der Waals surface area (Å²) in [7, 11) is 0. The van der Waals surface area contributed by atoms with Gasteiger partial charge in [-0.25, -0.2) is 0 Å². The van der Waals surface area contributed by atoms with Crippen LogP contribution in [-0.2, 0) is 14.3 Å². The molecule has 1 saturated heterocycles. The van der Waals surface area contributed by atoms with E-state index in [0.717, 1.165) is 38.3 Å². The van der Waals surface area contributed by atoms with Gasteiger partial charge in [-0.05, 0) is 13.8 Å². The Balaban J connectivity index is 1.34. The number of nitrogens with one attached hydrogen (secondary N) is 1. The monoisotopic (exact) mass is 429 g/mol. The number of hydrogen-bond donors (Lipinski definition) is 1. The zero-order valence-corrected chi connectivity index (χ0v) is 18.2. The highest BCUT2D eigenvalue weighted by molar-refractivity contribution is 8.04. The number of piperazine rings is 1. The molecule has 0 spiro atoms. The Morgan fingerprint density at radius 1 is 1.10 bits per heavy atom. The average molecular weight is 430 g/mol. The second kappa shape index (κ2) is 8.91. The molecule has 1 aromatic carbocycles. The van der Waals surface area contributed by atoms with Crippen molar-refractivity contribution in [1.29, 1.82) is 0 Å². The molecular formula is C22H27N3O4S. The molecule has 2 aliphatic heterocycles. The lowest BCUT2D eigenvalue weighted by atomic mass is 9.93. The Kier molecular flexibility index (Phi) is 6.26. The van der Waals surface area contributed by atoms with Gasteiger partial charge in [0.05, 0.1) is 6.54 Å². The predicted octanol–water partition coefficient (Wildman–Crippen LogP) is 1.39. The Bertz CT molecular complexity index is 890. The van der Waals surface area contributed by atoms with Crippen molar-refractivity contribution >= 4 is 35.0 Å². The fraction of sp³-hybridized carbons (Fsp3) is 0.500. The van der Waals surface area contributed by atoms with Gasteiger partial charge in [0, 0.05) is 55.6 Å². The van der Waals surface area contributed by atoms with Crippen molar-refractivity contribution in [3.63, 3.8) is 0 Å². The van der Waals surface area contributed by atoms with E-state index >= 15 is 0 Å². The van der Waals surface area contributed by atoms with Crippen molar-refractivity contribution < 1.29 is 19.1 Å². The zero-order valence-electron chi connectivity index (χ0n) is 17.3. The van der Waals surface area contributed by atoms with Gasteiger partial charge in [0.1, 0.15) is 16.8 Å². The minimum atomic E-state index is -0.458. The van der Waals surface area contributed by atoms with Crippen molar-refractivity contribution in [3.05, 3.63) is 40.3 Å². The van der Waals surface area contributed by atoms with E-state index in [4.69, 9.17) is 4.74 Å². The van der Waals surface area contributed by atoms with Gasteiger partial charge in [0.2, 0.25) is 17.5 Å². The molecule has 160 valence electrons. The summed E-state index contributed by atoms with van der Waals surface area (Å²) in [5, 5.41) is 2.93. The summed E-state index contributed by atoms with van der Waals surface area (Å²) in [6, 6.07) is 7.32. The Morgan fingerprint density at radius 2 is 1.77 bits per heavy atom. The number of ketones is 2. The van der Waals surface area contributed by atoms with E-state index in [1.54, 1.807) is 12.1 Å². The number of ether oxygens (including phenoxy) is 1. The number of fused-ring (bicyclic) bond motifs is 2. The Labute approximate surface area is 180 Å². The average Bonchev–Trinajstić information content (AvgIpc) is 2.73. The maximum Gasteiger partial charge on any atom is 0.243 e. The molecule has 8 heteroatoms. The van der Waals surface area contributed by atoms with Crippen LogP contribution in [0.1, 0.15) is 29.8 Å². The van der Waals surface area contributed by atoms with Crippen LogP contribution in [0.15, 0.2) is 29.2 Å². The van der Waals surface area contributed by atoms with Crippen molar-refractivity contribution in [1.82, 2.24) is 15.1 Å². The van der Waals surface area contributed by atoms with Crippen LogP contribution in [0.2, 0.25) is 0 Å². The number of benzene rings is 1. The van der Waals surface area contributed by atoms with Crippen LogP contribution in [0, 0.1) is 0 Å². The first-order chi connectivity index (χ1) is 14.4. The summed E-state index contributed by atoms with van der Waals surface area (Å²) in [6.45, 7) is 8.56. The summed E-state index contributed by atoms with van der Waals surface area (Å²) >= 11 is 1.43. The van der Waals surface area contributed by atoms with Gasteiger partial charge in [-0.15, -0.1) is 11.8 Å². The molecule has 1 atom stereocenters. The molecule has 0 aromatic heterocycles. The van der Waals surface area contributed by atoms with Crippen LogP contribution in [0.4, 0.5) is 0 Å². The minimum Gasteiger partial charge on any atom is -0.486 e. The summed E-state index contributed by atoms with van der Waals surface area (Å²) in [5.41, 5.74) is 1.14. The van der Waals surface area contributed by atoms with Crippen molar-refractivity contribution in [3.8, 4) is 0 Å². The van der Waals surface area contributed by atoms with Gasteiger partial charge in [-0.3, -0.25) is 24.2 Å². The van der Waals surface area contributed by atoms with E-state index in [0.29, 0.717) is 28.5 Å². The maximum atomic E-state index is 12.5. The SMILES string of the molecule is CC(C)NC(=O)CN1CCN(CC2CSC3=C(O2)c2ccccc2C(=O)C3=O)CC1. The summed E-state index contributed by atoms with van der Waals surface area (Å²) in [5.74, 6) is 0.370. The van der Waals surface area contributed by atoms with Gasteiger partial charge in [0.15, 0.2) is 0 Å². The third-order valence-electron chi connectivity index (χ3n) is 5.48. The molecule has 1 aliphatic carbocycles. The molecule has 1 N–H and O–H groups in total. The number of rotatable bonds is 5. The number of hydrogen-bond acceptors (Lipinski definition) is 7. The third-order valence-corrected chi connectivity index (χ3v) is 6.67. The normalized spacial score (nSPS) is 22.6. The van der Waals surface area contributed by atoms with Crippen LogP contribution < -0.4 is 5.32 Å². The number of nitrogens with zero attached hydrogens (tertiary/aromatic N) is 2. The number of carbonyl (C=O) groups excluding carboxylic acids is 3. The molecule has 1 aromatic rings. The van der Waals surface area contributed by atoms with E-state index in [1.807, 2.05) is 26.0 Å². The molecule has 0 bridgehead atoms. The molecule has 4 rings (SSSR count). The molecule has 30 heavy (non-hydrogen) atoms. The largest absolute Gasteiger partial charge is 0.486 e. The Morgan fingerprint density at radius 3 is 2.47 bits per heavy atom. The highest BCUT2D eigenvalue weighted by atomic mass is 32.2. The number of thioether (sulfide) groups is 1. The van der Waals surface area contributed by atoms with Crippen molar-refractivity contribution in [2.24, 2.45) is 0 Å². The smallest absolute Gasteiger partial charge is 0.243 e. The maximum absolute atomic E-state index is 12.5. The molecular weight excluding hydrogens is 402 g/mol. The molecule has 1 fully saturated rings. The first-order valence-electron chi connectivity index (χ1n) is 10.4. The number of Topliss-reactive ketones (excluding diaryl/α,β-unsaturated/α-hetero) is 2. The third kappa shape index (κ3) is 4.45. The van der Waals surface area contributed by atoms with Gasteiger partial charge in [-0.2, -0.15) is 0 Å². The summed E-state index contributed by atoms with van der Waals surface area (Å²) in [6.07, 6.45) is -0.0430. The van der Waals surface area contributed by atoms with Gasteiger partial charge >= 0.3 is 0 Å². The highest BCUT2D eigenvalue weighted by Gasteiger charge is 2.38. The number of amides is 1. The summed E-state index contributed by atoms with van der Waals surface area (Å²) in [4.78, 5) is 41.7. The van der Waals surface area contributed by atoms with Gasteiger partial charge in [-0.1, -0.05) is 24.3 Å². The second-order valence-electron chi connectivity index (χ2n) is 8.21. The molecule has 2 heterocycles. The topological polar surface area (TPSA) is 79.0 Å². The lowest BCUT2D eigenvalue weighted by molar-refractivity contribution is -0.123. The molecule has 0 saturated carbocycles. The molecule has 1 amide bonds. The molecule has 0 radical (unpaired) electrons. The molecule has 1 unspecified atom stereocenters. The van der Waals surface area contributed by atoms with E-state index in [9.17, 15) is 14.4 Å². The van der Waals surface area contributed by atoms with Gasteiger partial charge in [0.25, 0.3) is 0 Å². The summed E-state index contributed by atoms with van der Waals surface area (Å²) < 4.78 is 6.24. The van der Waals surface area contributed by atoms with Crippen LogP contribution in [0.25, 0.3) is 5.76 Å². The molecule has 7 nitrogen and oxygen atoms in total. The quantitative estimate of drug-likeness (QED) is 0.709. The van der Waals surface area contributed by atoms with E-state index in [-0.39, 0.29) is 18.1 Å². The lowest BCUT2D eigenvalue weighted by Crippen LogP contribution is -2.52. The fourth-order valence-corrected chi connectivity index (χ4v) is 5.07. The van der Waals surface area contributed by atoms with E-state index in [2.05, 4.69) is 15.1 Å². The zero-order chi connectivity index (χ0) is 21.3. The van der Waals surface area contributed by atoms with Gasteiger partial charge < -0.3 is 10.1 Å². The van der Waals surface area contributed by atoms with Crippen LogP contribution >= 0.6 is 11.8 Å². The lowest BCUT2D eigenvalue weighted by Gasteiger charge is -2.38. The predicted molar refractivity (Wildman–Crippen MR) is 116 cm³/mol.